The molecule has 0 radical (unpaired) electrons. The van der Waals surface area contributed by atoms with Crippen molar-refractivity contribution in [3.05, 3.63) is 71.0 Å². The van der Waals surface area contributed by atoms with Crippen LogP contribution in [0.3, 0.4) is 0 Å². The summed E-state index contributed by atoms with van der Waals surface area (Å²) in [5, 5.41) is 19.8. The van der Waals surface area contributed by atoms with E-state index >= 15 is 0 Å². The molecule has 4 atom stereocenters. The van der Waals surface area contributed by atoms with Crippen molar-refractivity contribution < 1.29 is 18.4 Å². The molecule has 8 rings (SSSR count). The Morgan fingerprint density at radius 2 is 1.05 bits per heavy atom. The molecule has 304 valence electrons. The Balaban J connectivity index is 0.000000177. The number of amides is 4. The molecular formula is C38H42Cl2F2N14O2. The molecule has 2 fully saturated rings. The molecule has 0 saturated heterocycles. The molecule has 58 heavy (non-hydrogen) atoms. The third-order valence-corrected chi connectivity index (χ3v) is 10.5. The summed E-state index contributed by atoms with van der Waals surface area (Å²) in [6, 6.07) is 3.19. The molecule has 0 aromatic carbocycles. The van der Waals surface area contributed by atoms with Crippen LogP contribution in [0.5, 0.6) is 0 Å². The Bertz CT molecular complexity index is 2250. The van der Waals surface area contributed by atoms with Gasteiger partial charge in [-0.05, 0) is 63.5 Å². The van der Waals surface area contributed by atoms with Gasteiger partial charge in [0, 0.05) is 84.9 Å². The van der Waals surface area contributed by atoms with Crippen LogP contribution < -0.4 is 31.9 Å². The number of aromatic nitrogens is 8. The number of rotatable bonds is 8. The van der Waals surface area contributed by atoms with E-state index in [9.17, 15) is 18.4 Å². The second kappa shape index (κ2) is 18.1. The van der Waals surface area contributed by atoms with Crippen molar-refractivity contribution in [2.24, 2.45) is 0 Å². The number of fused-ring (bicyclic) bond motifs is 2. The Morgan fingerprint density at radius 3 is 1.47 bits per heavy atom. The van der Waals surface area contributed by atoms with Gasteiger partial charge in [0.1, 0.15) is 11.3 Å². The van der Waals surface area contributed by atoms with Crippen LogP contribution in [0.2, 0.25) is 10.0 Å². The lowest BCUT2D eigenvalue weighted by atomic mass is 9.91. The number of hydrogen-bond acceptors (Lipinski definition) is 10. The van der Waals surface area contributed by atoms with Gasteiger partial charge in [-0.1, -0.05) is 23.2 Å². The summed E-state index contributed by atoms with van der Waals surface area (Å²) in [6.07, 6.45) is 15.7. The number of aromatic amines is 2. The summed E-state index contributed by atoms with van der Waals surface area (Å²) in [7, 11) is 3.16. The van der Waals surface area contributed by atoms with E-state index < -0.39 is 11.6 Å². The predicted molar refractivity (Wildman–Crippen MR) is 219 cm³/mol. The van der Waals surface area contributed by atoms with Crippen molar-refractivity contribution in [2.75, 3.05) is 24.7 Å². The van der Waals surface area contributed by atoms with Crippen molar-refractivity contribution in [3.63, 3.8) is 0 Å². The molecule has 6 heterocycles. The topological polar surface area (TPSA) is 215 Å². The summed E-state index contributed by atoms with van der Waals surface area (Å²) in [4.78, 5) is 54.8. The molecular weight excluding hydrogens is 793 g/mol. The molecule has 6 aromatic rings. The van der Waals surface area contributed by atoms with Gasteiger partial charge in [0.2, 0.25) is 0 Å². The van der Waals surface area contributed by atoms with Gasteiger partial charge in [0.25, 0.3) is 0 Å². The fourth-order valence-corrected chi connectivity index (χ4v) is 7.64. The zero-order chi connectivity index (χ0) is 40.8. The Labute approximate surface area is 341 Å². The van der Waals surface area contributed by atoms with Gasteiger partial charge < -0.3 is 41.9 Å². The number of H-pyrrole nitrogens is 2. The van der Waals surface area contributed by atoms with Crippen LogP contribution in [0.25, 0.3) is 44.8 Å². The summed E-state index contributed by atoms with van der Waals surface area (Å²) in [5.74, 6) is -0.00718. The van der Waals surface area contributed by atoms with Crippen molar-refractivity contribution in [3.8, 4) is 22.8 Å². The van der Waals surface area contributed by atoms with Crippen LogP contribution in [0, 0.1) is 11.6 Å². The van der Waals surface area contributed by atoms with Crippen molar-refractivity contribution in [1.82, 2.24) is 61.1 Å². The molecule has 0 bridgehead atoms. The maximum atomic E-state index is 14.4. The second-order valence-electron chi connectivity index (χ2n) is 14.1. The number of hydrogen-bond donors (Lipinski definition) is 8. The Hall–Kier alpha value is -5.88. The maximum Gasteiger partial charge on any atom is 0.314 e. The van der Waals surface area contributed by atoms with Gasteiger partial charge in [0.05, 0.1) is 22.4 Å². The van der Waals surface area contributed by atoms with E-state index in [1.807, 2.05) is 0 Å². The molecule has 2 saturated carbocycles. The number of urea groups is 2. The lowest BCUT2D eigenvalue weighted by molar-refractivity contribution is 0.232. The first kappa shape index (κ1) is 40.3. The largest absolute Gasteiger partial charge is 0.365 e. The zero-order valence-electron chi connectivity index (χ0n) is 31.6. The van der Waals surface area contributed by atoms with Crippen molar-refractivity contribution >= 4 is 69.0 Å². The van der Waals surface area contributed by atoms with E-state index in [-0.39, 0.29) is 47.9 Å². The number of anilines is 2. The highest BCUT2D eigenvalue weighted by Crippen LogP contribution is 2.31. The molecule has 2 aliphatic carbocycles. The highest BCUT2D eigenvalue weighted by molar-refractivity contribution is 6.31. The molecule has 6 aromatic heterocycles. The number of pyridine rings is 2. The van der Waals surface area contributed by atoms with Crippen LogP contribution in [0.1, 0.15) is 51.4 Å². The Morgan fingerprint density at radius 1 is 0.638 bits per heavy atom. The first-order valence-corrected chi connectivity index (χ1v) is 19.6. The molecule has 0 spiro atoms. The first-order chi connectivity index (χ1) is 28.1. The molecule has 4 unspecified atom stereocenters. The number of carbonyl (C=O) groups excluding carboxylic acids is 2. The van der Waals surface area contributed by atoms with E-state index in [0.717, 1.165) is 61.7 Å². The fraction of sp³-hybridized carbons (Fsp3) is 0.368. The van der Waals surface area contributed by atoms with Gasteiger partial charge in [-0.2, -0.15) is 0 Å². The number of nitrogens with zero attached hydrogens (tertiary/aromatic N) is 6. The third kappa shape index (κ3) is 9.62. The van der Waals surface area contributed by atoms with Gasteiger partial charge in [-0.25, -0.2) is 48.3 Å². The van der Waals surface area contributed by atoms with Gasteiger partial charge in [0.15, 0.2) is 34.9 Å². The van der Waals surface area contributed by atoms with Crippen LogP contribution >= 0.6 is 23.2 Å². The van der Waals surface area contributed by atoms with Crippen LogP contribution in [0.4, 0.5) is 30.0 Å². The summed E-state index contributed by atoms with van der Waals surface area (Å²) >= 11 is 12.1. The molecule has 0 aliphatic heterocycles. The van der Waals surface area contributed by atoms with Crippen LogP contribution in [-0.4, -0.2) is 90.2 Å². The quantitative estimate of drug-likeness (QED) is 0.0792. The van der Waals surface area contributed by atoms with Gasteiger partial charge in [-0.15, -0.1) is 0 Å². The number of carbonyl (C=O) groups is 2. The van der Waals surface area contributed by atoms with Crippen molar-refractivity contribution in [2.45, 2.75) is 75.5 Å². The number of halogens is 4. The van der Waals surface area contributed by atoms with E-state index in [4.69, 9.17) is 23.2 Å². The molecule has 4 amide bonds. The Kier molecular flexibility index (Phi) is 12.6. The fourth-order valence-electron chi connectivity index (χ4n) is 7.33. The molecule has 2 aliphatic rings. The molecule has 16 nitrogen and oxygen atoms in total. The van der Waals surface area contributed by atoms with E-state index in [2.05, 4.69) is 71.8 Å². The predicted octanol–water partition coefficient (Wildman–Crippen LogP) is 6.93. The minimum absolute atomic E-state index is 0.00207. The van der Waals surface area contributed by atoms with Crippen LogP contribution in [0.15, 0.2) is 49.3 Å². The maximum absolute atomic E-state index is 14.4. The lowest BCUT2D eigenvalue weighted by Crippen LogP contribution is -2.45. The highest BCUT2D eigenvalue weighted by Gasteiger charge is 2.26. The monoisotopic (exact) mass is 834 g/mol. The minimum Gasteiger partial charge on any atom is -0.365 e. The SMILES string of the molecule is CNC(=O)NC1CCCC(Nc2nc(-c3c[nH]c4ncc(Cl)cc34)ncc2F)C1.CNC(=O)NC1CCCC(Nc2nc(-c3c[nH]c4ncc(Cl)cc34)ncc2F)C1. The van der Waals surface area contributed by atoms with E-state index in [1.54, 1.807) is 51.0 Å². The standard InChI is InChI=1S/2C19H21ClFN7O/c2*1-22-19(29)27-12-4-2-3-11(6-12)26-18-15(21)9-25-17(28-18)14-8-24-16-13(14)5-10(20)7-23-16/h2*5,7-9,11-12H,2-4,6H2,1H3,(H,23,24)(H2,22,27,29)(H,25,26,28). The average Bonchev–Trinajstić information content (AvgIpc) is 3.84. The number of nitrogens with one attached hydrogen (secondary N) is 8. The molecule has 8 N–H and O–H groups in total. The van der Waals surface area contributed by atoms with E-state index in [0.29, 0.717) is 57.0 Å². The van der Waals surface area contributed by atoms with Crippen LogP contribution in [-0.2, 0) is 0 Å². The average molecular weight is 836 g/mol. The highest BCUT2D eigenvalue weighted by atomic mass is 35.5. The summed E-state index contributed by atoms with van der Waals surface area (Å²) < 4.78 is 28.8. The zero-order valence-corrected chi connectivity index (χ0v) is 33.1. The smallest absolute Gasteiger partial charge is 0.314 e. The molecule has 20 heteroatoms. The normalized spacial score (nSPS) is 19.1. The lowest BCUT2D eigenvalue weighted by Gasteiger charge is -2.30. The van der Waals surface area contributed by atoms with Crippen molar-refractivity contribution in [1.29, 1.82) is 0 Å². The second-order valence-corrected chi connectivity index (χ2v) is 15.0. The third-order valence-electron chi connectivity index (χ3n) is 10.1. The minimum atomic E-state index is -0.522. The summed E-state index contributed by atoms with van der Waals surface area (Å²) in [5.41, 5.74) is 2.70. The van der Waals surface area contributed by atoms with Gasteiger partial charge in [-0.3, -0.25) is 0 Å². The summed E-state index contributed by atoms with van der Waals surface area (Å²) in [6.45, 7) is 0. The van der Waals surface area contributed by atoms with Gasteiger partial charge >= 0.3 is 12.1 Å². The first-order valence-electron chi connectivity index (χ1n) is 18.9. The van der Waals surface area contributed by atoms with E-state index in [1.165, 1.54) is 0 Å².